The van der Waals surface area contributed by atoms with Gasteiger partial charge in [-0.15, -0.1) is 0 Å². The molecule has 0 amide bonds. The molecule has 1 aliphatic heterocycles. The number of anilines is 1. The van der Waals surface area contributed by atoms with Crippen LogP contribution in [-0.2, 0) is 23.2 Å². The van der Waals surface area contributed by atoms with Gasteiger partial charge in [0.05, 0.1) is 11.9 Å². The lowest BCUT2D eigenvalue weighted by Gasteiger charge is -2.20. The summed E-state index contributed by atoms with van der Waals surface area (Å²) in [6.07, 6.45) is -2.10. The zero-order valence-corrected chi connectivity index (χ0v) is 18.7. The van der Waals surface area contributed by atoms with Gasteiger partial charge in [-0.25, -0.2) is 22.2 Å². The van der Waals surface area contributed by atoms with Crippen LogP contribution in [0.25, 0.3) is 0 Å². The third-order valence-electron chi connectivity index (χ3n) is 5.83. The first kappa shape index (κ1) is 24.1. The Bertz CT molecular complexity index is 1280. The Kier molecular flexibility index (Phi) is 6.38. The zero-order valence-electron chi connectivity index (χ0n) is 17.9. The largest absolute Gasteiger partial charge is 0.419 e. The highest BCUT2D eigenvalue weighted by Gasteiger charge is 2.41. The first-order chi connectivity index (χ1) is 15.9. The van der Waals surface area contributed by atoms with E-state index in [4.69, 9.17) is 0 Å². The molecule has 1 N–H and O–H groups in total. The van der Waals surface area contributed by atoms with Gasteiger partial charge in [-0.3, -0.25) is 0 Å². The average molecular weight is 500 g/mol. The molecule has 0 radical (unpaired) electrons. The lowest BCUT2D eigenvalue weighted by molar-refractivity contribution is -0.139. The lowest BCUT2D eigenvalue weighted by Crippen LogP contribution is -2.30. The number of imidazole rings is 1. The van der Waals surface area contributed by atoms with Gasteiger partial charge in [0, 0.05) is 44.5 Å². The Labute approximate surface area is 193 Å². The molecule has 1 aliphatic rings. The minimum absolute atomic E-state index is 0.0533. The quantitative estimate of drug-likeness (QED) is 0.515. The molecule has 12 heteroatoms. The van der Waals surface area contributed by atoms with Crippen molar-refractivity contribution in [2.24, 2.45) is 13.0 Å². The predicted molar refractivity (Wildman–Crippen MR) is 114 cm³/mol. The Balaban J connectivity index is 1.59. The van der Waals surface area contributed by atoms with Crippen molar-refractivity contribution in [2.75, 3.05) is 25.0 Å². The van der Waals surface area contributed by atoms with Crippen molar-refractivity contribution in [1.29, 1.82) is 0 Å². The maximum atomic E-state index is 13.6. The molecule has 1 saturated heterocycles. The maximum Gasteiger partial charge on any atom is 0.419 e. The van der Waals surface area contributed by atoms with Crippen LogP contribution in [0.3, 0.4) is 0 Å². The van der Waals surface area contributed by atoms with Gasteiger partial charge >= 0.3 is 6.18 Å². The molecule has 1 aromatic heterocycles. The molecule has 0 spiro atoms. The number of hydrogen-bond acceptors (Lipinski definition) is 4. The van der Waals surface area contributed by atoms with Crippen molar-refractivity contribution in [1.82, 2.24) is 13.9 Å². The number of rotatable bonds is 6. The van der Waals surface area contributed by atoms with Gasteiger partial charge in [0.15, 0.2) is 5.03 Å². The van der Waals surface area contributed by atoms with E-state index < -0.39 is 33.4 Å². The number of nitrogens with one attached hydrogen (secondary N) is 1. The van der Waals surface area contributed by atoms with Gasteiger partial charge < -0.3 is 9.88 Å². The summed E-state index contributed by atoms with van der Waals surface area (Å²) in [6.45, 7) is 0.272. The van der Waals surface area contributed by atoms with Crippen LogP contribution in [0.15, 0.2) is 60.0 Å². The molecule has 0 aliphatic carbocycles. The van der Waals surface area contributed by atoms with Crippen LogP contribution in [0.2, 0.25) is 0 Å². The fourth-order valence-electron chi connectivity index (χ4n) is 4.08. The van der Waals surface area contributed by atoms with Crippen LogP contribution in [0.4, 0.5) is 27.6 Å². The van der Waals surface area contributed by atoms with E-state index in [9.17, 15) is 30.4 Å². The number of hydrogen-bond donors (Lipinski definition) is 1. The number of aryl methyl sites for hydroxylation is 1. The van der Waals surface area contributed by atoms with Crippen molar-refractivity contribution in [3.05, 3.63) is 77.8 Å². The van der Waals surface area contributed by atoms with Gasteiger partial charge in [-0.1, -0.05) is 12.1 Å². The van der Waals surface area contributed by atoms with E-state index in [1.54, 1.807) is 19.2 Å². The minimum Gasteiger partial charge on any atom is -0.385 e. The SMILES string of the molecule is Cn1cnc(S(=O)(=O)N2CC(CNc3ccc(F)c(C(F)(F)F)c3)C(c3ccc(F)cc3)C2)c1. The average Bonchev–Trinajstić information content (AvgIpc) is 3.40. The second-order valence-electron chi connectivity index (χ2n) is 8.19. The summed E-state index contributed by atoms with van der Waals surface area (Å²) in [5.41, 5.74) is -0.641. The summed E-state index contributed by atoms with van der Waals surface area (Å²) < 4.78 is 95.2. The third kappa shape index (κ3) is 4.92. The second-order valence-corrected chi connectivity index (χ2v) is 10.1. The fourth-order valence-corrected chi connectivity index (χ4v) is 5.57. The van der Waals surface area contributed by atoms with E-state index >= 15 is 0 Å². The van der Waals surface area contributed by atoms with Gasteiger partial charge in [0.1, 0.15) is 11.6 Å². The molecule has 182 valence electrons. The highest BCUT2D eigenvalue weighted by molar-refractivity contribution is 7.89. The van der Waals surface area contributed by atoms with Crippen LogP contribution in [0.1, 0.15) is 17.0 Å². The van der Waals surface area contributed by atoms with Gasteiger partial charge in [-0.2, -0.15) is 17.5 Å². The topological polar surface area (TPSA) is 67.2 Å². The van der Waals surface area contributed by atoms with Gasteiger partial charge in [-0.05, 0) is 41.8 Å². The van der Waals surface area contributed by atoms with E-state index in [0.717, 1.165) is 6.07 Å². The maximum absolute atomic E-state index is 13.6. The van der Waals surface area contributed by atoms with Crippen LogP contribution >= 0.6 is 0 Å². The lowest BCUT2D eigenvalue weighted by atomic mass is 9.89. The molecule has 1 fully saturated rings. The highest BCUT2D eigenvalue weighted by Crippen LogP contribution is 2.37. The van der Waals surface area contributed by atoms with E-state index in [-0.39, 0.29) is 42.2 Å². The number of aromatic nitrogens is 2. The Morgan fingerprint density at radius 2 is 1.79 bits per heavy atom. The van der Waals surface area contributed by atoms with Crippen LogP contribution in [0.5, 0.6) is 0 Å². The molecular formula is C22H21F5N4O2S. The van der Waals surface area contributed by atoms with Crippen LogP contribution in [0, 0.1) is 17.6 Å². The fraction of sp³-hybridized carbons (Fsp3) is 0.318. The van der Waals surface area contributed by atoms with Crippen molar-refractivity contribution in [3.63, 3.8) is 0 Å². The van der Waals surface area contributed by atoms with Crippen molar-refractivity contribution < 1.29 is 30.4 Å². The summed E-state index contributed by atoms with van der Waals surface area (Å²) in [7, 11) is -2.27. The van der Waals surface area contributed by atoms with Crippen LogP contribution in [-0.4, -0.2) is 41.9 Å². The van der Waals surface area contributed by atoms with Crippen LogP contribution < -0.4 is 5.32 Å². The van der Waals surface area contributed by atoms with E-state index in [1.807, 2.05) is 0 Å². The second kappa shape index (κ2) is 8.99. The van der Waals surface area contributed by atoms with E-state index in [0.29, 0.717) is 11.6 Å². The molecule has 0 bridgehead atoms. The highest BCUT2D eigenvalue weighted by atomic mass is 32.2. The summed E-state index contributed by atoms with van der Waals surface area (Å²) >= 11 is 0. The number of nitrogens with zero attached hydrogens (tertiary/aromatic N) is 3. The summed E-state index contributed by atoms with van der Waals surface area (Å²) in [4.78, 5) is 3.93. The molecule has 34 heavy (non-hydrogen) atoms. The van der Waals surface area contributed by atoms with Crippen molar-refractivity contribution >= 4 is 15.7 Å². The van der Waals surface area contributed by atoms with Crippen molar-refractivity contribution in [3.8, 4) is 0 Å². The van der Waals surface area contributed by atoms with Crippen molar-refractivity contribution in [2.45, 2.75) is 17.1 Å². The zero-order chi connectivity index (χ0) is 24.7. The molecular weight excluding hydrogens is 479 g/mol. The summed E-state index contributed by atoms with van der Waals surface area (Å²) in [5.74, 6) is -2.53. The molecule has 2 heterocycles. The standard InChI is InChI=1S/C22H21F5N4O2S/c1-30-12-21(29-13-30)34(32,33)31-10-15(18(11-31)14-2-4-16(23)5-3-14)9-28-17-6-7-20(24)19(8-17)22(25,26)27/h2-8,12-13,15,18,28H,9-11H2,1H3. The monoisotopic (exact) mass is 500 g/mol. The molecule has 2 unspecified atom stereocenters. The minimum atomic E-state index is -4.85. The number of halogens is 5. The molecule has 3 aromatic rings. The Morgan fingerprint density at radius 1 is 1.09 bits per heavy atom. The first-order valence-corrected chi connectivity index (χ1v) is 11.7. The van der Waals surface area contributed by atoms with E-state index in [1.165, 1.54) is 39.6 Å². The van der Waals surface area contributed by atoms with Gasteiger partial charge in [0.2, 0.25) is 0 Å². The summed E-state index contributed by atoms with van der Waals surface area (Å²) in [6, 6.07) is 8.26. The Hall–Kier alpha value is -2.99. The molecule has 2 atom stereocenters. The molecule has 0 saturated carbocycles. The normalized spacial score (nSPS) is 19.5. The van der Waals surface area contributed by atoms with Gasteiger partial charge in [0.25, 0.3) is 10.0 Å². The molecule has 6 nitrogen and oxygen atoms in total. The number of alkyl halides is 3. The van der Waals surface area contributed by atoms with E-state index in [2.05, 4.69) is 10.3 Å². The molecule has 2 aromatic carbocycles. The molecule has 4 rings (SSSR count). The number of benzene rings is 2. The Morgan fingerprint density at radius 3 is 2.41 bits per heavy atom. The first-order valence-electron chi connectivity index (χ1n) is 10.3. The smallest absolute Gasteiger partial charge is 0.385 e. The number of sulfonamides is 1. The summed E-state index contributed by atoms with van der Waals surface area (Å²) in [5, 5.41) is 2.76. The predicted octanol–water partition coefficient (Wildman–Crippen LogP) is 4.23. The third-order valence-corrected chi connectivity index (χ3v) is 7.55.